The van der Waals surface area contributed by atoms with Crippen molar-refractivity contribution in [2.45, 2.75) is 71.4 Å². The summed E-state index contributed by atoms with van der Waals surface area (Å²) in [6, 6.07) is -0.176. The summed E-state index contributed by atoms with van der Waals surface area (Å²) in [7, 11) is -3.00. The summed E-state index contributed by atoms with van der Waals surface area (Å²) in [5.41, 5.74) is -0.239. The predicted molar refractivity (Wildman–Crippen MR) is 97.8 cm³/mol. The van der Waals surface area contributed by atoms with Crippen LogP contribution < -0.4 is 5.32 Å². The Kier molecular flexibility index (Phi) is 6.17. The molecular formula is C18H32N2O4S. The maximum atomic E-state index is 12.9. The van der Waals surface area contributed by atoms with Crippen molar-refractivity contribution in [3.63, 3.8) is 0 Å². The molecule has 1 heterocycles. The van der Waals surface area contributed by atoms with E-state index in [1.165, 1.54) is 0 Å². The SMILES string of the molecule is CCN(C(=O)C1CCC(C(=O)NC(C)(C)C)CC1)C1CCS(=O)(=O)C1. The first-order chi connectivity index (χ1) is 11.5. The normalized spacial score (nSPS) is 29.2. The Morgan fingerprint density at radius 2 is 1.60 bits per heavy atom. The van der Waals surface area contributed by atoms with Gasteiger partial charge < -0.3 is 10.2 Å². The maximum absolute atomic E-state index is 12.9. The molecule has 1 unspecified atom stereocenters. The van der Waals surface area contributed by atoms with Gasteiger partial charge in [0.2, 0.25) is 11.8 Å². The number of carbonyl (C=O) groups is 2. The quantitative estimate of drug-likeness (QED) is 0.815. The molecule has 1 saturated heterocycles. The van der Waals surface area contributed by atoms with Gasteiger partial charge in [-0.1, -0.05) is 0 Å². The number of nitrogens with zero attached hydrogens (tertiary/aromatic N) is 1. The fourth-order valence-electron chi connectivity index (χ4n) is 3.92. The highest BCUT2D eigenvalue weighted by Gasteiger charge is 2.38. The Hall–Kier alpha value is -1.11. The van der Waals surface area contributed by atoms with Crippen LogP contribution in [0.1, 0.15) is 59.8 Å². The number of amides is 2. The lowest BCUT2D eigenvalue weighted by molar-refractivity contribution is -0.140. The second-order valence-corrected chi connectivity index (χ2v) is 10.7. The fourth-order valence-corrected chi connectivity index (χ4v) is 5.65. The number of hydrogen-bond acceptors (Lipinski definition) is 4. The van der Waals surface area contributed by atoms with E-state index in [1.54, 1.807) is 4.90 Å². The number of sulfone groups is 1. The van der Waals surface area contributed by atoms with Gasteiger partial charge in [-0.05, 0) is 59.8 Å². The van der Waals surface area contributed by atoms with Crippen LogP contribution in [0.3, 0.4) is 0 Å². The largest absolute Gasteiger partial charge is 0.351 e. The van der Waals surface area contributed by atoms with Crippen molar-refractivity contribution in [2.75, 3.05) is 18.1 Å². The van der Waals surface area contributed by atoms with Crippen molar-refractivity contribution in [3.05, 3.63) is 0 Å². The number of carbonyl (C=O) groups excluding carboxylic acids is 2. The third-order valence-electron chi connectivity index (χ3n) is 5.22. The maximum Gasteiger partial charge on any atom is 0.225 e. The molecule has 2 aliphatic rings. The molecule has 1 atom stereocenters. The van der Waals surface area contributed by atoms with E-state index in [9.17, 15) is 18.0 Å². The minimum Gasteiger partial charge on any atom is -0.351 e. The minimum atomic E-state index is -3.00. The molecule has 1 N–H and O–H groups in total. The van der Waals surface area contributed by atoms with Crippen LogP contribution in [-0.2, 0) is 19.4 Å². The van der Waals surface area contributed by atoms with Gasteiger partial charge in [-0.3, -0.25) is 9.59 Å². The third kappa shape index (κ3) is 5.43. The Labute approximate surface area is 151 Å². The second kappa shape index (κ2) is 7.64. The molecule has 6 nitrogen and oxygen atoms in total. The van der Waals surface area contributed by atoms with E-state index in [0.717, 1.165) is 12.8 Å². The number of nitrogens with one attached hydrogen (secondary N) is 1. The summed E-state index contributed by atoms with van der Waals surface area (Å²) < 4.78 is 23.4. The van der Waals surface area contributed by atoms with Crippen molar-refractivity contribution < 1.29 is 18.0 Å². The van der Waals surface area contributed by atoms with E-state index in [-0.39, 0.29) is 46.7 Å². The van der Waals surface area contributed by atoms with Crippen LogP contribution in [0.4, 0.5) is 0 Å². The molecule has 0 radical (unpaired) electrons. The molecule has 1 aliphatic carbocycles. The highest BCUT2D eigenvalue weighted by Crippen LogP contribution is 2.32. The smallest absolute Gasteiger partial charge is 0.225 e. The van der Waals surface area contributed by atoms with Crippen molar-refractivity contribution in [2.24, 2.45) is 11.8 Å². The van der Waals surface area contributed by atoms with Crippen LogP contribution in [-0.4, -0.2) is 54.8 Å². The summed E-state index contributed by atoms with van der Waals surface area (Å²) >= 11 is 0. The zero-order valence-corrected chi connectivity index (χ0v) is 16.7. The summed E-state index contributed by atoms with van der Waals surface area (Å²) in [6.45, 7) is 8.35. The van der Waals surface area contributed by atoms with E-state index in [4.69, 9.17) is 0 Å². The molecule has 2 fully saturated rings. The van der Waals surface area contributed by atoms with Crippen LogP contribution in [0.5, 0.6) is 0 Å². The van der Waals surface area contributed by atoms with Crippen LogP contribution in [0.25, 0.3) is 0 Å². The molecule has 2 amide bonds. The molecular weight excluding hydrogens is 340 g/mol. The standard InChI is InChI=1S/C18H32N2O4S/c1-5-20(15-10-11-25(23,24)12-15)17(22)14-8-6-13(7-9-14)16(21)19-18(2,3)4/h13-15H,5-12H2,1-4H3,(H,19,21). The topological polar surface area (TPSA) is 83.6 Å². The van der Waals surface area contributed by atoms with Crippen molar-refractivity contribution in [1.82, 2.24) is 10.2 Å². The highest BCUT2D eigenvalue weighted by atomic mass is 32.2. The molecule has 0 aromatic rings. The average Bonchev–Trinajstić information content (AvgIpc) is 2.86. The first-order valence-electron chi connectivity index (χ1n) is 9.35. The van der Waals surface area contributed by atoms with Gasteiger partial charge in [0.25, 0.3) is 0 Å². The lowest BCUT2D eigenvalue weighted by Gasteiger charge is -2.34. The van der Waals surface area contributed by atoms with Gasteiger partial charge in [-0.15, -0.1) is 0 Å². The van der Waals surface area contributed by atoms with E-state index in [1.807, 2.05) is 27.7 Å². The van der Waals surface area contributed by atoms with E-state index in [0.29, 0.717) is 25.8 Å². The summed E-state index contributed by atoms with van der Waals surface area (Å²) in [5, 5.41) is 3.02. The summed E-state index contributed by atoms with van der Waals surface area (Å²) in [6.07, 6.45) is 3.40. The monoisotopic (exact) mass is 372 g/mol. The molecule has 7 heteroatoms. The molecule has 1 saturated carbocycles. The van der Waals surface area contributed by atoms with Gasteiger partial charge >= 0.3 is 0 Å². The van der Waals surface area contributed by atoms with E-state index in [2.05, 4.69) is 5.32 Å². The van der Waals surface area contributed by atoms with Gasteiger partial charge in [-0.2, -0.15) is 0 Å². The van der Waals surface area contributed by atoms with Crippen LogP contribution in [0.2, 0.25) is 0 Å². The summed E-state index contributed by atoms with van der Waals surface area (Å²) in [5.74, 6) is 0.316. The van der Waals surface area contributed by atoms with Gasteiger partial charge in [0, 0.05) is 30.0 Å². The van der Waals surface area contributed by atoms with Gasteiger partial charge in [0.1, 0.15) is 0 Å². The predicted octanol–water partition coefficient (Wildman–Crippen LogP) is 1.74. The van der Waals surface area contributed by atoms with Crippen molar-refractivity contribution in [1.29, 1.82) is 0 Å². The zero-order chi connectivity index (χ0) is 18.8. The molecule has 2 rings (SSSR count). The molecule has 0 aromatic carbocycles. The fraction of sp³-hybridized carbons (Fsp3) is 0.889. The zero-order valence-electron chi connectivity index (χ0n) is 15.9. The Bertz CT molecular complexity index is 601. The van der Waals surface area contributed by atoms with Crippen LogP contribution >= 0.6 is 0 Å². The first-order valence-corrected chi connectivity index (χ1v) is 11.2. The van der Waals surface area contributed by atoms with Crippen LogP contribution in [0, 0.1) is 11.8 Å². The minimum absolute atomic E-state index is 0.0230. The summed E-state index contributed by atoms with van der Waals surface area (Å²) in [4.78, 5) is 26.9. The van der Waals surface area contributed by atoms with Crippen LogP contribution in [0.15, 0.2) is 0 Å². The molecule has 0 spiro atoms. The lowest BCUT2D eigenvalue weighted by Crippen LogP contribution is -2.47. The van der Waals surface area contributed by atoms with E-state index < -0.39 is 9.84 Å². The van der Waals surface area contributed by atoms with Crippen molar-refractivity contribution >= 4 is 21.7 Å². The molecule has 144 valence electrons. The second-order valence-electron chi connectivity index (χ2n) is 8.47. The van der Waals surface area contributed by atoms with Crippen molar-refractivity contribution in [3.8, 4) is 0 Å². The molecule has 0 bridgehead atoms. The van der Waals surface area contributed by atoms with Gasteiger partial charge in [-0.25, -0.2) is 8.42 Å². The Balaban J connectivity index is 1.91. The van der Waals surface area contributed by atoms with Gasteiger partial charge in [0.15, 0.2) is 9.84 Å². The number of hydrogen-bond donors (Lipinski definition) is 1. The Morgan fingerprint density at radius 3 is 2.04 bits per heavy atom. The Morgan fingerprint density at radius 1 is 1.04 bits per heavy atom. The first kappa shape index (κ1) is 20.2. The average molecular weight is 373 g/mol. The number of rotatable bonds is 4. The third-order valence-corrected chi connectivity index (χ3v) is 6.97. The highest BCUT2D eigenvalue weighted by molar-refractivity contribution is 7.91. The van der Waals surface area contributed by atoms with Gasteiger partial charge in [0.05, 0.1) is 11.5 Å². The van der Waals surface area contributed by atoms with E-state index >= 15 is 0 Å². The molecule has 0 aromatic heterocycles. The molecule has 1 aliphatic heterocycles. The molecule has 25 heavy (non-hydrogen) atoms. The lowest BCUT2D eigenvalue weighted by atomic mass is 9.80.